The van der Waals surface area contributed by atoms with Gasteiger partial charge in [0.15, 0.2) is 5.11 Å². The van der Waals surface area contributed by atoms with Crippen molar-refractivity contribution in [2.75, 3.05) is 11.9 Å². The Morgan fingerprint density at radius 1 is 0.882 bits per heavy atom. The quantitative estimate of drug-likeness (QED) is 0.365. The topological polar surface area (TPSA) is 27.3 Å². The van der Waals surface area contributed by atoms with Crippen LogP contribution in [0, 0.1) is 5.92 Å². The van der Waals surface area contributed by atoms with Crippen molar-refractivity contribution in [2.24, 2.45) is 5.92 Å². The van der Waals surface area contributed by atoms with Crippen LogP contribution >= 0.6 is 12.2 Å². The Hall–Kier alpha value is -2.33. The summed E-state index contributed by atoms with van der Waals surface area (Å²) in [6.45, 7) is 2.25. The molecule has 0 amide bonds. The van der Waals surface area contributed by atoms with Crippen LogP contribution in [0.15, 0.2) is 42.5 Å². The summed E-state index contributed by atoms with van der Waals surface area (Å²) in [6.07, 6.45) is -5.59. The third kappa shape index (κ3) is 5.83. The van der Waals surface area contributed by atoms with Crippen molar-refractivity contribution in [3.8, 4) is 0 Å². The minimum Gasteiger partial charge on any atom is -0.362 e. The predicted molar refractivity (Wildman–Crippen MR) is 122 cm³/mol. The second-order valence-electron chi connectivity index (χ2n) is 8.92. The van der Waals surface area contributed by atoms with E-state index in [2.05, 4.69) is 27.7 Å². The van der Waals surface area contributed by atoms with Gasteiger partial charge in [0.2, 0.25) is 0 Å². The zero-order chi connectivity index (χ0) is 24.5. The molecule has 0 saturated heterocycles. The van der Waals surface area contributed by atoms with Crippen LogP contribution in [0.1, 0.15) is 47.9 Å². The lowest BCUT2D eigenvalue weighted by Crippen LogP contribution is -2.45. The first-order valence-corrected chi connectivity index (χ1v) is 11.6. The lowest BCUT2D eigenvalue weighted by Gasteiger charge is -2.38. The van der Waals surface area contributed by atoms with Crippen molar-refractivity contribution < 1.29 is 26.3 Å². The molecule has 1 aliphatic carbocycles. The Morgan fingerprint density at radius 2 is 1.44 bits per heavy atom. The van der Waals surface area contributed by atoms with Gasteiger partial charge in [0.25, 0.3) is 0 Å². The first-order valence-electron chi connectivity index (χ1n) is 11.2. The largest absolute Gasteiger partial charge is 0.416 e. The van der Waals surface area contributed by atoms with Crippen molar-refractivity contribution in [1.29, 1.82) is 0 Å². The smallest absolute Gasteiger partial charge is 0.362 e. The Kier molecular flexibility index (Phi) is 7.09. The summed E-state index contributed by atoms with van der Waals surface area (Å²) in [5.41, 5.74) is -0.471. The molecule has 0 spiro atoms. The molecule has 2 N–H and O–H groups in total. The highest BCUT2D eigenvalue weighted by Crippen LogP contribution is 2.38. The summed E-state index contributed by atoms with van der Waals surface area (Å²) >= 11 is 5.21. The SMILES string of the molecule is FC(F)(F)c1cc(NC(=S)NC[C@@H]2CCCC[C@H]2N2Cc3ccccc3C2)cc(C(F)(F)F)c1. The highest BCUT2D eigenvalue weighted by molar-refractivity contribution is 7.80. The number of fused-ring (bicyclic) bond motifs is 1. The van der Waals surface area contributed by atoms with Gasteiger partial charge < -0.3 is 10.6 Å². The third-order valence-electron chi connectivity index (χ3n) is 6.57. The van der Waals surface area contributed by atoms with E-state index in [9.17, 15) is 26.3 Å². The number of benzene rings is 2. The third-order valence-corrected chi connectivity index (χ3v) is 6.82. The molecule has 1 aliphatic heterocycles. The van der Waals surface area contributed by atoms with Crippen LogP contribution in [-0.4, -0.2) is 22.6 Å². The number of halogens is 6. The molecule has 3 nitrogen and oxygen atoms in total. The summed E-state index contributed by atoms with van der Waals surface area (Å²) in [7, 11) is 0. The first kappa shape index (κ1) is 24.8. The van der Waals surface area contributed by atoms with E-state index in [1.54, 1.807) is 0 Å². The van der Waals surface area contributed by atoms with Gasteiger partial charge in [-0.25, -0.2) is 0 Å². The second-order valence-corrected chi connectivity index (χ2v) is 9.32. The summed E-state index contributed by atoms with van der Waals surface area (Å²) < 4.78 is 78.6. The lowest BCUT2D eigenvalue weighted by molar-refractivity contribution is -0.143. The number of hydrogen-bond acceptors (Lipinski definition) is 2. The van der Waals surface area contributed by atoms with Crippen LogP contribution in [0.2, 0.25) is 0 Å². The molecule has 2 aromatic carbocycles. The molecule has 2 aromatic rings. The number of hydrogen-bond donors (Lipinski definition) is 2. The van der Waals surface area contributed by atoms with Gasteiger partial charge in [0.05, 0.1) is 11.1 Å². The van der Waals surface area contributed by atoms with E-state index in [-0.39, 0.29) is 22.8 Å². The lowest BCUT2D eigenvalue weighted by atomic mass is 9.83. The normalized spacial score (nSPS) is 21.2. The molecule has 34 heavy (non-hydrogen) atoms. The van der Waals surface area contributed by atoms with Crippen LogP contribution in [0.4, 0.5) is 32.0 Å². The molecule has 1 fully saturated rings. The molecule has 0 bridgehead atoms. The van der Waals surface area contributed by atoms with Gasteiger partial charge in [0.1, 0.15) is 0 Å². The minimum absolute atomic E-state index is 0.00137. The van der Waals surface area contributed by atoms with Gasteiger partial charge in [0, 0.05) is 31.4 Å². The molecule has 2 atom stereocenters. The molecule has 0 unspecified atom stereocenters. The van der Waals surface area contributed by atoms with Crippen LogP contribution in [0.3, 0.4) is 0 Å². The molecule has 10 heteroatoms. The maximum atomic E-state index is 13.1. The van der Waals surface area contributed by atoms with Crippen molar-refractivity contribution in [2.45, 2.75) is 57.2 Å². The van der Waals surface area contributed by atoms with Gasteiger partial charge in [-0.1, -0.05) is 37.1 Å². The van der Waals surface area contributed by atoms with Gasteiger partial charge in [-0.05, 0) is 60.3 Å². The summed E-state index contributed by atoms with van der Waals surface area (Å²) in [5, 5.41) is 5.54. The molecule has 0 aromatic heterocycles. The van der Waals surface area contributed by atoms with Gasteiger partial charge in [-0.2, -0.15) is 26.3 Å². The molecule has 2 aliphatic rings. The standard InChI is InChI=1S/C24H25F6N3S/c25-23(26,27)18-9-19(24(28,29)30)11-20(10-18)32-22(34)31-12-15-5-3-4-8-21(15)33-13-16-6-1-2-7-17(16)14-33/h1-2,6-7,9-11,15,21H,3-5,8,12-14H2,(H2,31,32,34)/t15-,21+/m0/s1. The average Bonchev–Trinajstić information content (AvgIpc) is 3.20. The Morgan fingerprint density at radius 3 is 2.00 bits per heavy atom. The zero-order valence-electron chi connectivity index (χ0n) is 18.3. The fourth-order valence-corrected chi connectivity index (χ4v) is 5.13. The number of rotatable bonds is 4. The number of alkyl halides is 6. The Labute approximate surface area is 199 Å². The summed E-state index contributed by atoms with van der Waals surface area (Å²) in [6, 6.07) is 10.0. The zero-order valence-corrected chi connectivity index (χ0v) is 19.1. The van der Waals surface area contributed by atoms with E-state index >= 15 is 0 Å². The number of anilines is 1. The second kappa shape index (κ2) is 9.73. The average molecular weight is 502 g/mol. The number of nitrogens with one attached hydrogen (secondary N) is 2. The first-order chi connectivity index (χ1) is 16.0. The van der Waals surface area contributed by atoms with E-state index in [1.807, 2.05) is 12.1 Å². The molecule has 1 saturated carbocycles. The highest BCUT2D eigenvalue weighted by atomic mass is 32.1. The van der Waals surface area contributed by atoms with Crippen molar-refractivity contribution in [1.82, 2.24) is 10.2 Å². The fraction of sp³-hybridized carbons (Fsp3) is 0.458. The van der Waals surface area contributed by atoms with E-state index in [0.29, 0.717) is 24.7 Å². The van der Waals surface area contributed by atoms with Crippen LogP contribution in [0.25, 0.3) is 0 Å². The molecular weight excluding hydrogens is 476 g/mol. The molecule has 1 heterocycles. The molecule has 4 rings (SSSR count). The summed E-state index contributed by atoms with van der Waals surface area (Å²) in [5.74, 6) is 0.273. The predicted octanol–water partition coefficient (Wildman–Crippen LogP) is 6.59. The van der Waals surface area contributed by atoms with Crippen molar-refractivity contribution in [3.63, 3.8) is 0 Å². The van der Waals surface area contributed by atoms with E-state index < -0.39 is 23.5 Å². The maximum Gasteiger partial charge on any atom is 0.416 e. The monoisotopic (exact) mass is 501 g/mol. The molecular formula is C24H25F6N3S. The van der Waals surface area contributed by atoms with Crippen molar-refractivity contribution >= 4 is 23.0 Å². The fourth-order valence-electron chi connectivity index (χ4n) is 4.93. The van der Waals surface area contributed by atoms with E-state index in [4.69, 9.17) is 12.2 Å². The van der Waals surface area contributed by atoms with Crippen LogP contribution in [-0.2, 0) is 25.4 Å². The van der Waals surface area contributed by atoms with Gasteiger partial charge >= 0.3 is 12.4 Å². The van der Waals surface area contributed by atoms with E-state index in [1.165, 1.54) is 11.1 Å². The summed E-state index contributed by atoms with van der Waals surface area (Å²) in [4.78, 5) is 2.45. The Bertz CT molecular complexity index is 979. The Balaban J connectivity index is 1.40. The van der Waals surface area contributed by atoms with Gasteiger partial charge in [-0.15, -0.1) is 0 Å². The number of thiocarbonyl (C=S) groups is 1. The highest BCUT2D eigenvalue weighted by Gasteiger charge is 2.37. The van der Waals surface area contributed by atoms with Crippen molar-refractivity contribution in [3.05, 3.63) is 64.7 Å². The van der Waals surface area contributed by atoms with Crippen LogP contribution < -0.4 is 10.6 Å². The number of nitrogens with zero attached hydrogens (tertiary/aromatic N) is 1. The maximum absolute atomic E-state index is 13.1. The molecule has 0 radical (unpaired) electrons. The van der Waals surface area contributed by atoms with E-state index in [0.717, 1.165) is 38.8 Å². The minimum atomic E-state index is -4.91. The van der Waals surface area contributed by atoms with Gasteiger partial charge in [-0.3, -0.25) is 4.90 Å². The molecule has 184 valence electrons. The van der Waals surface area contributed by atoms with Crippen LogP contribution in [0.5, 0.6) is 0 Å².